The highest BCUT2D eigenvalue weighted by atomic mass is 16.5. The van der Waals surface area contributed by atoms with Gasteiger partial charge in [0.1, 0.15) is 11.9 Å². The summed E-state index contributed by atoms with van der Waals surface area (Å²) in [6.45, 7) is 3.78. The van der Waals surface area contributed by atoms with Crippen molar-refractivity contribution in [3.05, 3.63) is 78.4 Å². The summed E-state index contributed by atoms with van der Waals surface area (Å²) in [6, 6.07) is 16.9. The average Bonchev–Trinajstić information content (AvgIpc) is 2.46. The molecule has 0 N–H and O–H groups in total. The first-order valence-corrected chi connectivity index (χ1v) is 5.73. The molecule has 2 aromatic rings. The summed E-state index contributed by atoms with van der Waals surface area (Å²) in [5.41, 5.74) is 1.55. The van der Waals surface area contributed by atoms with E-state index in [2.05, 4.69) is 6.58 Å². The molecule has 1 atom stereocenters. The Morgan fingerprint density at radius 1 is 1.00 bits per heavy atom. The van der Waals surface area contributed by atoms with Gasteiger partial charge in [0.05, 0.1) is 5.56 Å². The third kappa shape index (κ3) is 2.66. The zero-order chi connectivity index (χ0) is 12.8. The van der Waals surface area contributed by atoms with Crippen molar-refractivity contribution in [1.82, 2.24) is 0 Å². The van der Waals surface area contributed by atoms with Crippen molar-refractivity contribution in [2.45, 2.75) is 6.10 Å². The molecule has 0 bridgehead atoms. The van der Waals surface area contributed by atoms with Crippen LogP contribution in [0.5, 0.6) is 5.75 Å². The van der Waals surface area contributed by atoms with Gasteiger partial charge in [0.2, 0.25) is 0 Å². The first kappa shape index (κ1) is 12.1. The van der Waals surface area contributed by atoms with Crippen molar-refractivity contribution in [3.63, 3.8) is 0 Å². The third-order valence-electron chi connectivity index (χ3n) is 2.64. The molecule has 0 fully saturated rings. The number of rotatable bonds is 5. The first-order valence-electron chi connectivity index (χ1n) is 5.73. The summed E-state index contributed by atoms with van der Waals surface area (Å²) in [5, 5.41) is 0. The van der Waals surface area contributed by atoms with Crippen molar-refractivity contribution in [2.75, 3.05) is 0 Å². The number of ether oxygens (including phenoxy) is 1. The minimum Gasteiger partial charge on any atom is -0.481 e. The predicted octanol–water partition coefficient (Wildman–Crippen LogP) is 3.81. The molecule has 90 valence electrons. The quantitative estimate of drug-likeness (QED) is 0.585. The molecule has 0 amide bonds. The highest BCUT2D eigenvalue weighted by Crippen LogP contribution is 2.25. The van der Waals surface area contributed by atoms with Crippen LogP contribution in [0.15, 0.2) is 67.3 Å². The summed E-state index contributed by atoms with van der Waals surface area (Å²) in [7, 11) is 0. The molecule has 0 aliphatic rings. The zero-order valence-electron chi connectivity index (χ0n) is 9.95. The monoisotopic (exact) mass is 238 g/mol. The molecule has 0 saturated carbocycles. The van der Waals surface area contributed by atoms with Crippen LogP contribution >= 0.6 is 0 Å². The van der Waals surface area contributed by atoms with Gasteiger partial charge < -0.3 is 4.74 Å². The number of benzene rings is 2. The minimum atomic E-state index is -0.257. The van der Waals surface area contributed by atoms with E-state index in [-0.39, 0.29) is 6.10 Å². The molecule has 0 heterocycles. The lowest BCUT2D eigenvalue weighted by atomic mass is 10.1. The molecule has 2 nitrogen and oxygen atoms in total. The van der Waals surface area contributed by atoms with Crippen LogP contribution in [0.25, 0.3) is 0 Å². The SMILES string of the molecule is C=C[C@H](Oc1ccccc1C=O)c1ccccc1. The van der Waals surface area contributed by atoms with Crippen molar-refractivity contribution < 1.29 is 9.53 Å². The molecular weight excluding hydrogens is 224 g/mol. The molecule has 0 radical (unpaired) electrons. The number of carbonyl (C=O) groups excluding carboxylic acids is 1. The van der Waals surface area contributed by atoms with Crippen LogP contribution in [0, 0.1) is 0 Å². The van der Waals surface area contributed by atoms with E-state index in [0.717, 1.165) is 11.8 Å². The molecule has 0 unspecified atom stereocenters. The van der Waals surface area contributed by atoms with Crippen molar-refractivity contribution in [2.24, 2.45) is 0 Å². The maximum atomic E-state index is 10.9. The first-order chi connectivity index (χ1) is 8.85. The summed E-state index contributed by atoms with van der Waals surface area (Å²) in [5.74, 6) is 0.571. The van der Waals surface area contributed by atoms with E-state index in [1.54, 1.807) is 18.2 Å². The lowest BCUT2D eigenvalue weighted by Crippen LogP contribution is -2.05. The van der Waals surface area contributed by atoms with E-state index in [0.29, 0.717) is 11.3 Å². The molecule has 2 aromatic carbocycles. The maximum absolute atomic E-state index is 10.9. The largest absolute Gasteiger partial charge is 0.481 e. The minimum absolute atomic E-state index is 0.257. The molecule has 0 saturated heterocycles. The highest BCUT2D eigenvalue weighted by molar-refractivity contribution is 5.79. The Hall–Kier alpha value is -2.35. The Morgan fingerprint density at radius 3 is 2.33 bits per heavy atom. The van der Waals surface area contributed by atoms with E-state index in [9.17, 15) is 4.79 Å². The molecule has 0 aliphatic carbocycles. The van der Waals surface area contributed by atoms with Crippen LogP contribution in [-0.4, -0.2) is 6.29 Å². The number of hydrogen-bond acceptors (Lipinski definition) is 2. The second kappa shape index (κ2) is 5.82. The molecule has 18 heavy (non-hydrogen) atoms. The molecule has 0 spiro atoms. The fraction of sp³-hybridized carbons (Fsp3) is 0.0625. The summed E-state index contributed by atoms with van der Waals surface area (Å²) < 4.78 is 5.82. The van der Waals surface area contributed by atoms with Gasteiger partial charge in [-0.05, 0) is 23.8 Å². The van der Waals surface area contributed by atoms with Gasteiger partial charge in [0.15, 0.2) is 6.29 Å². The van der Waals surface area contributed by atoms with Gasteiger partial charge in [-0.15, -0.1) is 0 Å². The van der Waals surface area contributed by atoms with E-state index in [4.69, 9.17) is 4.74 Å². The highest BCUT2D eigenvalue weighted by Gasteiger charge is 2.10. The van der Waals surface area contributed by atoms with Crippen molar-refractivity contribution in [3.8, 4) is 5.75 Å². The standard InChI is InChI=1S/C16H14O2/c1-2-15(13-8-4-3-5-9-13)18-16-11-7-6-10-14(16)12-17/h2-12,15H,1H2/t15-/m0/s1. The second-order valence-corrected chi connectivity index (χ2v) is 3.84. The lowest BCUT2D eigenvalue weighted by Gasteiger charge is -2.16. The number of para-hydroxylation sites is 1. The average molecular weight is 238 g/mol. The van der Waals surface area contributed by atoms with Crippen LogP contribution < -0.4 is 4.74 Å². The zero-order valence-corrected chi connectivity index (χ0v) is 9.95. The lowest BCUT2D eigenvalue weighted by molar-refractivity contribution is 0.111. The molecule has 0 aliphatic heterocycles. The van der Waals surface area contributed by atoms with E-state index < -0.39 is 0 Å². The van der Waals surface area contributed by atoms with Crippen molar-refractivity contribution >= 4 is 6.29 Å². The molecule has 0 aromatic heterocycles. The van der Waals surface area contributed by atoms with Gasteiger partial charge >= 0.3 is 0 Å². The Labute approximate surface area is 107 Å². The topological polar surface area (TPSA) is 26.3 Å². The molecular formula is C16H14O2. The Kier molecular flexibility index (Phi) is 3.92. The Balaban J connectivity index is 2.26. The molecule has 2 heteroatoms. The summed E-state index contributed by atoms with van der Waals surface area (Å²) in [6.07, 6.45) is 2.25. The fourth-order valence-electron chi connectivity index (χ4n) is 1.72. The number of carbonyl (C=O) groups is 1. The maximum Gasteiger partial charge on any atom is 0.153 e. The van der Waals surface area contributed by atoms with Gasteiger partial charge in [-0.1, -0.05) is 49.0 Å². The number of aldehydes is 1. The van der Waals surface area contributed by atoms with E-state index in [1.807, 2.05) is 42.5 Å². The number of hydrogen-bond donors (Lipinski definition) is 0. The van der Waals surface area contributed by atoms with Crippen LogP contribution in [0.4, 0.5) is 0 Å². The predicted molar refractivity (Wildman–Crippen MR) is 71.8 cm³/mol. The fourth-order valence-corrected chi connectivity index (χ4v) is 1.72. The van der Waals surface area contributed by atoms with Gasteiger partial charge in [-0.2, -0.15) is 0 Å². The second-order valence-electron chi connectivity index (χ2n) is 3.84. The van der Waals surface area contributed by atoms with Crippen LogP contribution in [0.3, 0.4) is 0 Å². The third-order valence-corrected chi connectivity index (χ3v) is 2.64. The van der Waals surface area contributed by atoms with Gasteiger partial charge in [0, 0.05) is 0 Å². The van der Waals surface area contributed by atoms with Gasteiger partial charge in [0.25, 0.3) is 0 Å². The van der Waals surface area contributed by atoms with Gasteiger partial charge in [-0.25, -0.2) is 0 Å². The van der Waals surface area contributed by atoms with Gasteiger partial charge in [-0.3, -0.25) is 4.79 Å². The van der Waals surface area contributed by atoms with E-state index >= 15 is 0 Å². The van der Waals surface area contributed by atoms with Crippen LogP contribution in [0.1, 0.15) is 22.0 Å². The van der Waals surface area contributed by atoms with Crippen LogP contribution in [-0.2, 0) is 0 Å². The summed E-state index contributed by atoms with van der Waals surface area (Å²) in [4.78, 5) is 10.9. The van der Waals surface area contributed by atoms with Crippen molar-refractivity contribution in [1.29, 1.82) is 0 Å². The smallest absolute Gasteiger partial charge is 0.153 e. The van der Waals surface area contributed by atoms with Crippen LogP contribution in [0.2, 0.25) is 0 Å². The Bertz CT molecular complexity index is 532. The summed E-state index contributed by atoms with van der Waals surface area (Å²) >= 11 is 0. The Morgan fingerprint density at radius 2 is 1.67 bits per heavy atom. The normalized spacial score (nSPS) is 11.6. The molecule has 2 rings (SSSR count). The van der Waals surface area contributed by atoms with E-state index in [1.165, 1.54) is 0 Å².